The number of rotatable bonds is 2. The molecule has 1 N–H and O–H groups in total. The summed E-state index contributed by atoms with van der Waals surface area (Å²) in [5, 5.41) is 8.58. The van der Waals surface area contributed by atoms with Gasteiger partial charge in [-0.25, -0.2) is 4.79 Å². The predicted octanol–water partition coefficient (Wildman–Crippen LogP) is 3.83. The van der Waals surface area contributed by atoms with E-state index in [1.165, 1.54) is 0 Å². The Balaban J connectivity index is 3.28. The van der Waals surface area contributed by atoms with Crippen molar-refractivity contribution in [1.82, 2.24) is 4.90 Å². The molecule has 3 nitrogen and oxygen atoms in total. The Kier molecular flexibility index (Phi) is 4.21. The van der Waals surface area contributed by atoms with E-state index in [9.17, 15) is 31.1 Å². The van der Waals surface area contributed by atoms with Gasteiger partial charge >= 0.3 is 18.4 Å². The molecule has 1 aromatic carbocycles. The Morgan fingerprint density at radius 1 is 1.05 bits per heavy atom. The topological polar surface area (TPSA) is 40.5 Å². The van der Waals surface area contributed by atoms with Crippen LogP contribution in [-0.2, 0) is 18.9 Å². The number of nitrogens with zero attached hydrogens (tertiary/aromatic N) is 1. The van der Waals surface area contributed by atoms with Gasteiger partial charge in [-0.15, -0.1) is 0 Å². The van der Waals surface area contributed by atoms with E-state index < -0.39 is 41.7 Å². The second-order valence-corrected chi connectivity index (χ2v) is 4.05. The molecule has 9 heteroatoms. The highest BCUT2D eigenvalue weighted by Gasteiger charge is 2.36. The van der Waals surface area contributed by atoms with E-state index in [2.05, 4.69) is 0 Å². The van der Waals surface area contributed by atoms with Crippen LogP contribution in [0.25, 0.3) is 0 Å². The van der Waals surface area contributed by atoms with Crippen LogP contribution in [0.4, 0.5) is 31.1 Å². The van der Waals surface area contributed by atoms with E-state index >= 15 is 0 Å². The number of amides is 1. The minimum Gasteiger partial charge on any atom is -0.465 e. The molecule has 20 heavy (non-hydrogen) atoms. The van der Waals surface area contributed by atoms with Crippen LogP contribution >= 0.6 is 0 Å². The molecule has 0 radical (unpaired) electrons. The van der Waals surface area contributed by atoms with Crippen LogP contribution in [-0.4, -0.2) is 23.1 Å². The minimum atomic E-state index is -4.95. The molecule has 0 aliphatic heterocycles. The summed E-state index contributed by atoms with van der Waals surface area (Å²) in [5.41, 5.74) is -3.33. The second-order valence-electron chi connectivity index (χ2n) is 4.05. The third-order valence-corrected chi connectivity index (χ3v) is 2.39. The molecule has 0 heterocycles. The summed E-state index contributed by atoms with van der Waals surface area (Å²) in [6.07, 6.45) is -11.4. The van der Waals surface area contributed by atoms with Gasteiger partial charge < -0.3 is 10.0 Å². The molecule has 0 aromatic heterocycles. The van der Waals surface area contributed by atoms with E-state index in [0.717, 1.165) is 7.05 Å². The summed E-state index contributed by atoms with van der Waals surface area (Å²) in [6, 6.07) is 0.980. The largest absolute Gasteiger partial charge is 0.465 e. The summed E-state index contributed by atoms with van der Waals surface area (Å²) in [4.78, 5) is 11.1. The number of alkyl halides is 6. The Hall–Kier alpha value is -1.93. The number of benzene rings is 1. The Morgan fingerprint density at radius 3 is 1.75 bits per heavy atom. The summed E-state index contributed by atoms with van der Waals surface area (Å²) < 4.78 is 75.2. The molecule has 1 rings (SSSR count). The third kappa shape index (κ3) is 4.04. The van der Waals surface area contributed by atoms with Crippen molar-refractivity contribution in [2.24, 2.45) is 0 Å². The van der Waals surface area contributed by atoms with Crippen LogP contribution in [0, 0.1) is 0 Å². The van der Waals surface area contributed by atoms with Gasteiger partial charge in [0.1, 0.15) is 0 Å². The lowest BCUT2D eigenvalue weighted by molar-refractivity contribution is -0.143. The third-order valence-electron chi connectivity index (χ3n) is 2.39. The number of hydrogen-bond donors (Lipinski definition) is 1. The van der Waals surface area contributed by atoms with Crippen LogP contribution in [0.3, 0.4) is 0 Å². The van der Waals surface area contributed by atoms with E-state index in [1.807, 2.05) is 0 Å². The highest BCUT2D eigenvalue weighted by Crippen LogP contribution is 2.36. The van der Waals surface area contributed by atoms with Gasteiger partial charge in [-0.2, -0.15) is 26.3 Å². The van der Waals surface area contributed by atoms with Crippen LogP contribution in [0.5, 0.6) is 0 Å². The van der Waals surface area contributed by atoms with Crippen LogP contribution < -0.4 is 0 Å². The Bertz CT molecular complexity index is 476. The van der Waals surface area contributed by atoms with Crippen molar-refractivity contribution in [3.63, 3.8) is 0 Å². The average molecular weight is 301 g/mol. The van der Waals surface area contributed by atoms with Crippen molar-refractivity contribution in [1.29, 1.82) is 0 Å². The standard InChI is InChI=1S/C11H9F6NO2/c1-18(9(19)20)5-6-2-7(10(12,13)14)4-8(3-6)11(15,16)17/h2-4H,5H2,1H3,(H,19,20). The first-order valence-electron chi connectivity index (χ1n) is 5.13. The molecule has 1 aromatic rings. The molecule has 0 unspecified atom stereocenters. The fourth-order valence-corrected chi connectivity index (χ4v) is 1.45. The summed E-state index contributed by atoms with van der Waals surface area (Å²) in [6.45, 7) is -0.581. The first-order valence-corrected chi connectivity index (χ1v) is 5.13. The quantitative estimate of drug-likeness (QED) is 0.843. The van der Waals surface area contributed by atoms with Crippen molar-refractivity contribution in [3.05, 3.63) is 34.9 Å². The summed E-state index contributed by atoms with van der Waals surface area (Å²) in [5.74, 6) is 0. The zero-order chi connectivity index (χ0) is 15.7. The van der Waals surface area contributed by atoms with Crippen molar-refractivity contribution < 1.29 is 36.2 Å². The van der Waals surface area contributed by atoms with Crippen LogP contribution in [0.2, 0.25) is 0 Å². The number of carboxylic acid groups (broad SMARTS) is 1. The van der Waals surface area contributed by atoms with Crippen molar-refractivity contribution in [2.45, 2.75) is 18.9 Å². The minimum absolute atomic E-state index is 0.00966. The molecule has 0 spiro atoms. The van der Waals surface area contributed by atoms with Crippen molar-refractivity contribution >= 4 is 6.09 Å². The number of hydrogen-bond acceptors (Lipinski definition) is 1. The van der Waals surface area contributed by atoms with Crippen LogP contribution in [0.15, 0.2) is 18.2 Å². The van der Waals surface area contributed by atoms with Crippen molar-refractivity contribution in [2.75, 3.05) is 7.05 Å². The second kappa shape index (κ2) is 5.22. The van der Waals surface area contributed by atoms with E-state index in [1.54, 1.807) is 0 Å². The van der Waals surface area contributed by atoms with Gasteiger partial charge in [0.25, 0.3) is 0 Å². The highest BCUT2D eigenvalue weighted by atomic mass is 19.4. The molecule has 0 atom stereocenters. The highest BCUT2D eigenvalue weighted by molar-refractivity contribution is 5.64. The average Bonchev–Trinajstić information content (AvgIpc) is 2.26. The smallest absolute Gasteiger partial charge is 0.416 e. The first-order chi connectivity index (χ1) is 8.91. The zero-order valence-electron chi connectivity index (χ0n) is 10.0. The maximum Gasteiger partial charge on any atom is 0.416 e. The lowest BCUT2D eigenvalue weighted by Gasteiger charge is -2.17. The van der Waals surface area contributed by atoms with E-state index in [0.29, 0.717) is 17.0 Å². The Morgan fingerprint density at radius 2 is 1.45 bits per heavy atom. The monoisotopic (exact) mass is 301 g/mol. The van der Waals surface area contributed by atoms with Crippen molar-refractivity contribution in [3.8, 4) is 0 Å². The maximum atomic E-state index is 12.5. The molecule has 0 fully saturated rings. The SMILES string of the molecule is CN(Cc1cc(C(F)(F)F)cc(C(F)(F)F)c1)C(=O)O. The van der Waals surface area contributed by atoms with Gasteiger partial charge in [0.15, 0.2) is 0 Å². The molecule has 1 amide bonds. The Labute approximate surface area is 109 Å². The van der Waals surface area contributed by atoms with Gasteiger partial charge in [0, 0.05) is 13.6 Å². The van der Waals surface area contributed by atoms with Gasteiger partial charge in [-0.3, -0.25) is 0 Å². The van der Waals surface area contributed by atoms with Gasteiger partial charge in [0.2, 0.25) is 0 Å². The molecule has 0 aliphatic carbocycles. The van der Waals surface area contributed by atoms with Crippen LogP contribution in [0.1, 0.15) is 16.7 Å². The summed E-state index contributed by atoms with van der Waals surface area (Å²) >= 11 is 0. The molecule has 0 bridgehead atoms. The first kappa shape index (κ1) is 16.1. The van der Waals surface area contributed by atoms with E-state index in [4.69, 9.17) is 5.11 Å². The maximum absolute atomic E-state index is 12.5. The van der Waals surface area contributed by atoms with E-state index in [-0.39, 0.29) is 6.07 Å². The number of carbonyl (C=O) groups is 1. The van der Waals surface area contributed by atoms with Gasteiger partial charge in [0.05, 0.1) is 11.1 Å². The molecular weight excluding hydrogens is 292 g/mol. The lowest BCUT2D eigenvalue weighted by Crippen LogP contribution is -2.24. The predicted molar refractivity (Wildman–Crippen MR) is 55.9 cm³/mol. The fourth-order valence-electron chi connectivity index (χ4n) is 1.45. The molecule has 0 saturated heterocycles. The molecular formula is C11H9F6NO2. The lowest BCUT2D eigenvalue weighted by atomic mass is 10.0. The van der Waals surface area contributed by atoms with Gasteiger partial charge in [-0.1, -0.05) is 0 Å². The zero-order valence-corrected chi connectivity index (χ0v) is 10.0. The molecule has 0 saturated carbocycles. The van der Waals surface area contributed by atoms with Gasteiger partial charge in [-0.05, 0) is 23.8 Å². The number of halogens is 6. The fraction of sp³-hybridized carbons (Fsp3) is 0.364. The molecule has 112 valence electrons. The summed E-state index contributed by atoms with van der Waals surface area (Å²) in [7, 11) is 1.04. The molecule has 0 aliphatic rings. The normalized spacial score (nSPS) is 12.3.